The van der Waals surface area contributed by atoms with Gasteiger partial charge < -0.3 is 10.6 Å². The molecule has 2 aromatic rings. The van der Waals surface area contributed by atoms with Crippen molar-refractivity contribution < 1.29 is 9.59 Å². The molecule has 0 heterocycles. The van der Waals surface area contributed by atoms with E-state index in [-0.39, 0.29) is 6.04 Å². The van der Waals surface area contributed by atoms with Gasteiger partial charge in [0.2, 0.25) is 0 Å². The van der Waals surface area contributed by atoms with Crippen molar-refractivity contribution in [2.24, 2.45) is 5.92 Å². The van der Waals surface area contributed by atoms with E-state index in [4.69, 9.17) is 11.6 Å². The number of halogens is 1. The summed E-state index contributed by atoms with van der Waals surface area (Å²) in [7, 11) is 0. The van der Waals surface area contributed by atoms with Crippen LogP contribution in [0.3, 0.4) is 0 Å². The summed E-state index contributed by atoms with van der Waals surface area (Å²) < 4.78 is 0. The van der Waals surface area contributed by atoms with Gasteiger partial charge in [0.25, 0.3) is 0 Å². The van der Waals surface area contributed by atoms with Gasteiger partial charge >= 0.3 is 11.8 Å². The molecule has 1 unspecified atom stereocenters. The number of benzene rings is 2. The summed E-state index contributed by atoms with van der Waals surface area (Å²) >= 11 is 5.93. The molecule has 0 saturated heterocycles. The van der Waals surface area contributed by atoms with E-state index in [0.717, 1.165) is 24.8 Å². The minimum atomic E-state index is -0.649. The zero-order valence-corrected chi connectivity index (χ0v) is 14.8. The third kappa shape index (κ3) is 4.60. The summed E-state index contributed by atoms with van der Waals surface area (Å²) in [5.74, 6) is -0.892. The Hall–Kier alpha value is -2.33. The molecule has 2 N–H and O–H groups in total. The molecule has 1 atom stereocenters. The molecule has 5 heteroatoms. The van der Waals surface area contributed by atoms with Gasteiger partial charge in [-0.05, 0) is 60.6 Å². The van der Waals surface area contributed by atoms with Crippen molar-refractivity contribution in [3.63, 3.8) is 0 Å². The summed E-state index contributed by atoms with van der Waals surface area (Å²) in [6.07, 6.45) is 3.03. The molecule has 4 nitrogen and oxygen atoms in total. The number of hydrogen-bond donors (Lipinski definition) is 2. The minimum absolute atomic E-state index is 0.155. The normalized spacial score (nSPS) is 14.6. The highest BCUT2D eigenvalue weighted by atomic mass is 35.5. The minimum Gasteiger partial charge on any atom is -0.341 e. The van der Waals surface area contributed by atoms with Crippen molar-refractivity contribution >= 4 is 29.1 Å². The summed E-state index contributed by atoms with van der Waals surface area (Å²) in [4.78, 5) is 24.5. The maximum absolute atomic E-state index is 12.3. The summed E-state index contributed by atoms with van der Waals surface area (Å²) in [5.41, 5.74) is 2.77. The third-order valence-electron chi connectivity index (χ3n) is 4.44. The van der Waals surface area contributed by atoms with Gasteiger partial charge in [-0.3, -0.25) is 9.59 Å². The summed E-state index contributed by atoms with van der Waals surface area (Å²) in [6, 6.07) is 14.7. The van der Waals surface area contributed by atoms with E-state index in [1.165, 1.54) is 5.56 Å². The predicted octanol–water partition coefficient (Wildman–Crippen LogP) is 4.11. The Morgan fingerprint density at radius 3 is 2.24 bits per heavy atom. The first-order chi connectivity index (χ1) is 12.1. The zero-order chi connectivity index (χ0) is 17.8. The van der Waals surface area contributed by atoms with Crippen molar-refractivity contribution in [1.29, 1.82) is 0 Å². The van der Waals surface area contributed by atoms with Crippen LogP contribution in [0.4, 0.5) is 5.69 Å². The van der Waals surface area contributed by atoms with Gasteiger partial charge in [0.1, 0.15) is 0 Å². The van der Waals surface area contributed by atoms with E-state index in [1.54, 1.807) is 12.1 Å². The van der Waals surface area contributed by atoms with Crippen LogP contribution in [-0.2, 0) is 16.0 Å². The molecule has 0 radical (unpaired) electrons. The highest BCUT2D eigenvalue weighted by Gasteiger charge is 2.34. The first-order valence-electron chi connectivity index (χ1n) is 8.53. The van der Waals surface area contributed by atoms with Crippen LogP contribution in [0.2, 0.25) is 5.02 Å². The molecule has 0 bridgehead atoms. The van der Waals surface area contributed by atoms with Crippen LogP contribution >= 0.6 is 11.6 Å². The number of amides is 2. The molecule has 1 saturated carbocycles. The second-order valence-electron chi connectivity index (χ2n) is 6.34. The zero-order valence-electron chi connectivity index (χ0n) is 14.1. The molecular formula is C20H21ClN2O2. The Morgan fingerprint density at radius 1 is 1.04 bits per heavy atom. The lowest BCUT2D eigenvalue weighted by molar-refractivity contribution is -0.136. The highest BCUT2D eigenvalue weighted by molar-refractivity contribution is 6.39. The second-order valence-corrected chi connectivity index (χ2v) is 6.78. The largest absolute Gasteiger partial charge is 0.341 e. The number of carbonyl (C=O) groups is 2. The number of aryl methyl sites for hydroxylation is 1. The molecule has 3 rings (SSSR count). The van der Waals surface area contributed by atoms with Crippen molar-refractivity contribution in [1.82, 2.24) is 5.32 Å². The summed E-state index contributed by atoms with van der Waals surface area (Å²) in [6.45, 7) is 2.07. The SMILES string of the molecule is CCc1ccc(NC(=O)C(=O)NC(c2ccc(Cl)cc2)C2CC2)cc1. The third-order valence-corrected chi connectivity index (χ3v) is 4.69. The fraction of sp³-hybridized carbons (Fsp3) is 0.300. The molecule has 2 aromatic carbocycles. The Morgan fingerprint density at radius 2 is 1.68 bits per heavy atom. The highest BCUT2D eigenvalue weighted by Crippen LogP contribution is 2.41. The molecule has 25 heavy (non-hydrogen) atoms. The Bertz CT molecular complexity index is 752. The van der Waals surface area contributed by atoms with Crippen LogP contribution in [0.25, 0.3) is 0 Å². The van der Waals surface area contributed by atoms with Crippen molar-refractivity contribution in [2.45, 2.75) is 32.2 Å². The lowest BCUT2D eigenvalue weighted by Gasteiger charge is -2.18. The number of anilines is 1. The van der Waals surface area contributed by atoms with Gasteiger partial charge in [0.15, 0.2) is 0 Å². The lowest BCUT2D eigenvalue weighted by atomic mass is 10.0. The molecule has 1 aliphatic rings. The number of nitrogens with one attached hydrogen (secondary N) is 2. The number of rotatable bonds is 5. The first kappa shape index (κ1) is 17.5. The average molecular weight is 357 g/mol. The fourth-order valence-electron chi connectivity index (χ4n) is 2.79. The van der Waals surface area contributed by atoms with Crippen LogP contribution in [0.5, 0.6) is 0 Å². The maximum Gasteiger partial charge on any atom is 0.313 e. The van der Waals surface area contributed by atoms with E-state index in [0.29, 0.717) is 16.6 Å². The van der Waals surface area contributed by atoms with Gasteiger partial charge in [0, 0.05) is 10.7 Å². The van der Waals surface area contributed by atoms with Crippen molar-refractivity contribution in [2.75, 3.05) is 5.32 Å². The Labute approximate surface area is 152 Å². The Balaban J connectivity index is 1.64. The quantitative estimate of drug-likeness (QED) is 0.792. The fourth-order valence-corrected chi connectivity index (χ4v) is 2.92. The molecular weight excluding hydrogens is 336 g/mol. The molecule has 0 aromatic heterocycles. The van der Waals surface area contributed by atoms with Crippen LogP contribution in [0, 0.1) is 5.92 Å². The van der Waals surface area contributed by atoms with Gasteiger partial charge in [-0.25, -0.2) is 0 Å². The van der Waals surface area contributed by atoms with E-state index in [2.05, 4.69) is 17.6 Å². The molecule has 1 fully saturated rings. The summed E-state index contributed by atoms with van der Waals surface area (Å²) in [5, 5.41) is 6.16. The van der Waals surface area contributed by atoms with Crippen LogP contribution in [-0.4, -0.2) is 11.8 Å². The van der Waals surface area contributed by atoms with E-state index in [1.807, 2.05) is 36.4 Å². The molecule has 2 amide bonds. The smallest absolute Gasteiger partial charge is 0.313 e. The standard InChI is InChI=1S/C20H21ClN2O2/c1-2-13-3-11-17(12-4-13)22-19(24)20(25)23-18(14-5-6-14)15-7-9-16(21)10-8-15/h3-4,7-12,14,18H,2,5-6H2,1H3,(H,22,24)(H,23,25). The van der Waals surface area contributed by atoms with Crippen molar-refractivity contribution in [3.05, 3.63) is 64.7 Å². The Kier molecular flexibility index (Phi) is 5.39. The lowest BCUT2D eigenvalue weighted by Crippen LogP contribution is -2.38. The second kappa shape index (κ2) is 7.70. The molecule has 1 aliphatic carbocycles. The van der Waals surface area contributed by atoms with Gasteiger partial charge in [0.05, 0.1) is 6.04 Å². The predicted molar refractivity (Wildman–Crippen MR) is 99.5 cm³/mol. The van der Waals surface area contributed by atoms with E-state index in [9.17, 15) is 9.59 Å². The molecule has 0 aliphatic heterocycles. The van der Waals surface area contributed by atoms with E-state index >= 15 is 0 Å². The van der Waals surface area contributed by atoms with Crippen LogP contribution in [0.1, 0.15) is 36.9 Å². The van der Waals surface area contributed by atoms with Gasteiger partial charge in [-0.2, -0.15) is 0 Å². The monoisotopic (exact) mass is 356 g/mol. The van der Waals surface area contributed by atoms with Gasteiger partial charge in [-0.1, -0.05) is 42.8 Å². The maximum atomic E-state index is 12.3. The van der Waals surface area contributed by atoms with Crippen molar-refractivity contribution in [3.8, 4) is 0 Å². The topological polar surface area (TPSA) is 58.2 Å². The van der Waals surface area contributed by atoms with E-state index < -0.39 is 11.8 Å². The molecule has 0 spiro atoms. The van der Waals surface area contributed by atoms with Crippen LogP contribution < -0.4 is 10.6 Å². The van der Waals surface area contributed by atoms with Gasteiger partial charge in [-0.15, -0.1) is 0 Å². The first-order valence-corrected chi connectivity index (χ1v) is 8.91. The van der Waals surface area contributed by atoms with Crippen LogP contribution in [0.15, 0.2) is 48.5 Å². The average Bonchev–Trinajstić information content (AvgIpc) is 3.46. The number of hydrogen-bond acceptors (Lipinski definition) is 2. The number of carbonyl (C=O) groups excluding carboxylic acids is 2. The molecule has 130 valence electrons.